The smallest absolute Gasteiger partial charge is 0.407 e. The summed E-state index contributed by atoms with van der Waals surface area (Å²) in [5.41, 5.74) is 0.689. The van der Waals surface area contributed by atoms with Crippen molar-refractivity contribution in [1.82, 2.24) is 20.1 Å². The van der Waals surface area contributed by atoms with Crippen LogP contribution < -0.4 is 0 Å². The first-order valence-electron chi connectivity index (χ1n) is 7.05. The molecule has 8 heteroatoms. The minimum atomic E-state index is -0.926. The number of nitrogens with zero attached hydrogens (tertiary/aromatic N) is 4. The van der Waals surface area contributed by atoms with Crippen LogP contribution in [0.4, 0.5) is 4.79 Å². The van der Waals surface area contributed by atoms with Crippen LogP contribution in [0.3, 0.4) is 0 Å². The Labute approximate surface area is 126 Å². The maximum Gasteiger partial charge on any atom is 0.407 e. The topological polar surface area (TPSA) is 113 Å². The van der Waals surface area contributed by atoms with Crippen molar-refractivity contribution in [2.24, 2.45) is 5.92 Å². The molecule has 8 nitrogen and oxygen atoms in total. The van der Waals surface area contributed by atoms with Gasteiger partial charge in [0.1, 0.15) is 6.10 Å². The van der Waals surface area contributed by atoms with Crippen LogP contribution in [-0.4, -0.2) is 49.5 Å². The summed E-state index contributed by atoms with van der Waals surface area (Å²) < 4.78 is 5.52. The maximum absolute atomic E-state index is 10.9. The normalized spacial score (nSPS) is 17.4. The van der Waals surface area contributed by atoms with Crippen molar-refractivity contribution >= 4 is 6.09 Å². The molecule has 0 radical (unpaired) electrons. The van der Waals surface area contributed by atoms with E-state index >= 15 is 0 Å². The van der Waals surface area contributed by atoms with E-state index in [-0.39, 0.29) is 11.8 Å². The zero-order chi connectivity index (χ0) is 15.5. The van der Waals surface area contributed by atoms with E-state index in [9.17, 15) is 9.90 Å². The van der Waals surface area contributed by atoms with Crippen molar-refractivity contribution in [1.29, 1.82) is 0 Å². The summed E-state index contributed by atoms with van der Waals surface area (Å²) in [4.78, 5) is 16.2. The van der Waals surface area contributed by atoms with Gasteiger partial charge < -0.3 is 19.5 Å². The van der Waals surface area contributed by atoms with Crippen molar-refractivity contribution < 1.29 is 19.4 Å². The molecule has 1 unspecified atom stereocenters. The van der Waals surface area contributed by atoms with Crippen LogP contribution in [0.15, 0.2) is 28.9 Å². The van der Waals surface area contributed by atoms with Crippen LogP contribution in [0, 0.1) is 5.92 Å². The standard InChI is InChI=1S/C14H16N4O4/c19-11(9-3-6-18(7-4-9)14(20)21)13-17-16-12(22-13)10-2-1-5-15-8-10/h1-2,5,8-9,11,19H,3-4,6-7H2,(H,20,21). The molecule has 116 valence electrons. The Kier molecular flexibility index (Phi) is 4.01. The van der Waals surface area contributed by atoms with Crippen LogP contribution in [-0.2, 0) is 0 Å². The van der Waals surface area contributed by atoms with Gasteiger partial charge in [-0.05, 0) is 30.9 Å². The molecule has 2 aromatic heterocycles. The fraction of sp³-hybridized carbons (Fsp3) is 0.429. The SMILES string of the molecule is O=C(O)N1CCC(C(O)c2nnc(-c3cccnc3)o2)CC1. The van der Waals surface area contributed by atoms with Gasteiger partial charge in [0.15, 0.2) is 0 Å². The number of carboxylic acid groups (broad SMARTS) is 1. The molecular formula is C14H16N4O4. The average molecular weight is 304 g/mol. The molecule has 0 saturated carbocycles. The lowest BCUT2D eigenvalue weighted by atomic mass is 9.91. The lowest BCUT2D eigenvalue weighted by molar-refractivity contribution is 0.0409. The van der Waals surface area contributed by atoms with Crippen molar-refractivity contribution in [2.45, 2.75) is 18.9 Å². The molecule has 22 heavy (non-hydrogen) atoms. The molecule has 1 saturated heterocycles. The molecule has 2 N–H and O–H groups in total. The van der Waals surface area contributed by atoms with E-state index in [0.717, 1.165) is 0 Å². The summed E-state index contributed by atoms with van der Waals surface area (Å²) >= 11 is 0. The molecule has 3 heterocycles. The van der Waals surface area contributed by atoms with Gasteiger partial charge in [-0.1, -0.05) is 0 Å². The van der Waals surface area contributed by atoms with Gasteiger partial charge in [-0.3, -0.25) is 4.98 Å². The van der Waals surface area contributed by atoms with E-state index in [0.29, 0.717) is 37.4 Å². The maximum atomic E-state index is 10.9. The number of aliphatic hydroxyl groups is 1. The molecule has 0 spiro atoms. The van der Waals surface area contributed by atoms with E-state index in [4.69, 9.17) is 9.52 Å². The summed E-state index contributed by atoms with van der Waals surface area (Å²) in [6.07, 6.45) is 2.58. The van der Waals surface area contributed by atoms with Gasteiger partial charge >= 0.3 is 6.09 Å². The van der Waals surface area contributed by atoms with Gasteiger partial charge in [-0.2, -0.15) is 0 Å². The van der Waals surface area contributed by atoms with Crippen LogP contribution in [0.25, 0.3) is 11.5 Å². The molecule has 0 aliphatic carbocycles. The van der Waals surface area contributed by atoms with E-state index in [1.54, 1.807) is 24.5 Å². The zero-order valence-electron chi connectivity index (χ0n) is 11.8. The minimum Gasteiger partial charge on any atom is -0.465 e. The van der Waals surface area contributed by atoms with Crippen molar-refractivity contribution in [3.05, 3.63) is 30.4 Å². The van der Waals surface area contributed by atoms with Crippen molar-refractivity contribution in [3.8, 4) is 11.5 Å². The summed E-state index contributed by atoms with van der Waals surface area (Å²) in [6.45, 7) is 0.807. The number of hydrogen-bond donors (Lipinski definition) is 2. The number of piperidine rings is 1. The monoisotopic (exact) mass is 304 g/mol. The third-order valence-electron chi connectivity index (χ3n) is 3.86. The Morgan fingerprint density at radius 3 is 2.77 bits per heavy atom. The number of aliphatic hydroxyl groups excluding tert-OH is 1. The Hall–Kier alpha value is -2.48. The third kappa shape index (κ3) is 2.91. The third-order valence-corrected chi connectivity index (χ3v) is 3.86. The first-order valence-corrected chi connectivity index (χ1v) is 7.05. The van der Waals surface area contributed by atoms with E-state index in [2.05, 4.69) is 15.2 Å². The number of hydrogen-bond acceptors (Lipinski definition) is 6. The molecule has 1 amide bonds. The van der Waals surface area contributed by atoms with Gasteiger partial charge in [0.2, 0.25) is 11.8 Å². The molecule has 1 atom stereocenters. The fourth-order valence-corrected chi connectivity index (χ4v) is 2.57. The average Bonchev–Trinajstić information content (AvgIpc) is 3.05. The van der Waals surface area contributed by atoms with Crippen LogP contribution in [0.1, 0.15) is 24.8 Å². The Morgan fingerprint density at radius 2 is 2.14 bits per heavy atom. The number of likely N-dealkylation sites (tertiary alicyclic amines) is 1. The molecule has 2 aromatic rings. The first kappa shape index (κ1) is 14.5. The zero-order valence-corrected chi connectivity index (χ0v) is 11.8. The van der Waals surface area contributed by atoms with E-state index in [1.165, 1.54) is 4.90 Å². The van der Waals surface area contributed by atoms with Crippen molar-refractivity contribution in [2.75, 3.05) is 13.1 Å². The van der Waals surface area contributed by atoms with Gasteiger partial charge in [0.05, 0.1) is 5.56 Å². The lowest BCUT2D eigenvalue weighted by Gasteiger charge is -2.31. The predicted octanol–water partition coefficient (Wildman–Crippen LogP) is 1.56. The Morgan fingerprint density at radius 1 is 1.36 bits per heavy atom. The number of aromatic nitrogens is 3. The second kappa shape index (κ2) is 6.10. The number of amides is 1. The highest BCUT2D eigenvalue weighted by atomic mass is 16.4. The summed E-state index contributed by atoms with van der Waals surface area (Å²) in [5.74, 6) is 0.385. The molecule has 0 aromatic carbocycles. The highest BCUT2D eigenvalue weighted by Gasteiger charge is 2.31. The largest absolute Gasteiger partial charge is 0.465 e. The van der Waals surface area contributed by atoms with Crippen LogP contribution in [0.2, 0.25) is 0 Å². The van der Waals surface area contributed by atoms with Crippen molar-refractivity contribution in [3.63, 3.8) is 0 Å². The Bertz CT molecular complexity index is 637. The minimum absolute atomic E-state index is 0.0854. The van der Waals surface area contributed by atoms with E-state index in [1.807, 2.05) is 0 Å². The summed E-state index contributed by atoms with van der Waals surface area (Å²) in [7, 11) is 0. The predicted molar refractivity (Wildman–Crippen MR) is 74.8 cm³/mol. The van der Waals surface area contributed by atoms with Gasteiger partial charge in [-0.25, -0.2) is 4.79 Å². The number of pyridine rings is 1. The lowest BCUT2D eigenvalue weighted by Crippen LogP contribution is -2.38. The van der Waals surface area contributed by atoms with Crippen LogP contribution in [0.5, 0.6) is 0 Å². The second-order valence-corrected chi connectivity index (χ2v) is 5.24. The summed E-state index contributed by atoms with van der Waals surface area (Å²) in [6, 6.07) is 3.55. The molecule has 0 bridgehead atoms. The number of carbonyl (C=O) groups is 1. The molecule has 1 aliphatic heterocycles. The highest BCUT2D eigenvalue weighted by molar-refractivity contribution is 5.65. The molecule has 3 rings (SSSR count). The Balaban J connectivity index is 1.68. The fourth-order valence-electron chi connectivity index (χ4n) is 2.57. The van der Waals surface area contributed by atoms with E-state index < -0.39 is 12.2 Å². The van der Waals surface area contributed by atoms with Gasteiger partial charge in [0.25, 0.3) is 0 Å². The quantitative estimate of drug-likeness (QED) is 0.884. The molecule has 1 fully saturated rings. The highest BCUT2D eigenvalue weighted by Crippen LogP contribution is 2.31. The first-order chi connectivity index (χ1) is 10.6. The second-order valence-electron chi connectivity index (χ2n) is 5.24. The molecule has 1 aliphatic rings. The molecular weight excluding hydrogens is 288 g/mol. The van der Waals surface area contributed by atoms with Gasteiger partial charge in [0, 0.05) is 25.5 Å². The number of rotatable bonds is 3. The van der Waals surface area contributed by atoms with Gasteiger partial charge in [-0.15, -0.1) is 10.2 Å². The van der Waals surface area contributed by atoms with Crippen LogP contribution >= 0.6 is 0 Å². The summed E-state index contributed by atoms with van der Waals surface area (Å²) in [5, 5.41) is 27.1.